The van der Waals surface area contributed by atoms with Gasteiger partial charge in [-0.3, -0.25) is 4.79 Å². The second kappa shape index (κ2) is 9.15. The van der Waals surface area contributed by atoms with Crippen molar-refractivity contribution in [3.8, 4) is 0 Å². The number of carboxylic acids is 1. The third-order valence-corrected chi connectivity index (χ3v) is 4.26. The van der Waals surface area contributed by atoms with Gasteiger partial charge in [-0.05, 0) is 44.2 Å². The van der Waals surface area contributed by atoms with E-state index < -0.39 is 5.97 Å². The Kier molecular flexibility index (Phi) is 7.74. The molecule has 1 heterocycles. The van der Waals surface area contributed by atoms with Crippen LogP contribution in [-0.2, 0) is 17.6 Å². The lowest BCUT2D eigenvalue weighted by Crippen LogP contribution is -1.94. The molecule has 1 aromatic rings. The zero-order chi connectivity index (χ0) is 13.2. The average Bonchev–Trinajstić information content (AvgIpc) is 2.78. The molecule has 18 heavy (non-hydrogen) atoms. The molecule has 0 saturated carbocycles. The van der Waals surface area contributed by atoms with Crippen LogP contribution in [0.25, 0.3) is 0 Å². The minimum atomic E-state index is -0.683. The minimum absolute atomic E-state index is 0.301. The highest BCUT2D eigenvalue weighted by molar-refractivity contribution is 7.11. The van der Waals surface area contributed by atoms with Crippen molar-refractivity contribution in [3.63, 3.8) is 0 Å². The Balaban J connectivity index is 2.15. The number of rotatable bonds is 10. The van der Waals surface area contributed by atoms with Gasteiger partial charge in [-0.2, -0.15) is 0 Å². The summed E-state index contributed by atoms with van der Waals surface area (Å²) in [7, 11) is 0. The number of aryl methyl sites for hydroxylation is 2. The van der Waals surface area contributed by atoms with Gasteiger partial charge in [0.2, 0.25) is 0 Å². The molecule has 0 aliphatic heterocycles. The third-order valence-electron chi connectivity index (χ3n) is 3.06. The van der Waals surface area contributed by atoms with Crippen molar-refractivity contribution in [3.05, 3.63) is 21.9 Å². The molecule has 0 radical (unpaired) electrons. The molecule has 0 aliphatic rings. The summed E-state index contributed by atoms with van der Waals surface area (Å²) >= 11 is 1.90. The number of unbranched alkanes of at least 4 members (excludes halogenated alkanes) is 4. The second-order valence-electron chi connectivity index (χ2n) is 4.78. The molecule has 1 rings (SSSR count). The molecule has 0 saturated heterocycles. The Hall–Kier alpha value is -0.830. The largest absolute Gasteiger partial charge is 0.481 e. The van der Waals surface area contributed by atoms with Crippen molar-refractivity contribution in [2.45, 2.75) is 64.7 Å². The summed E-state index contributed by atoms with van der Waals surface area (Å²) in [6.45, 7) is 2.24. The van der Waals surface area contributed by atoms with Crippen LogP contribution in [0.15, 0.2) is 12.1 Å². The minimum Gasteiger partial charge on any atom is -0.481 e. The zero-order valence-electron chi connectivity index (χ0n) is 11.3. The van der Waals surface area contributed by atoms with Crippen molar-refractivity contribution in [1.82, 2.24) is 0 Å². The molecule has 0 aliphatic carbocycles. The fourth-order valence-electron chi connectivity index (χ4n) is 1.99. The highest BCUT2D eigenvalue weighted by Crippen LogP contribution is 2.21. The van der Waals surface area contributed by atoms with E-state index in [0.717, 1.165) is 19.3 Å². The fraction of sp³-hybridized carbons (Fsp3) is 0.667. The van der Waals surface area contributed by atoms with E-state index in [4.69, 9.17) is 5.11 Å². The van der Waals surface area contributed by atoms with E-state index >= 15 is 0 Å². The van der Waals surface area contributed by atoms with E-state index in [1.165, 1.54) is 41.9 Å². The van der Waals surface area contributed by atoms with Crippen LogP contribution < -0.4 is 0 Å². The fourth-order valence-corrected chi connectivity index (χ4v) is 3.09. The average molecular weight is 268 g/mol. The third kappa shape index (κ3) is 6.80. The van der Waals surface area contributed by atoms with Crippen LogP contribution in [0.2, 0.25) is 0 Å². The summed E-state index contributed by atoms with van der Waals surface area (Å²) in [5.74, 6) is -0.683. The Morgan fingerprint density at radius 3 is 2.22 bits per heavy atom. The Morgan fingerprint density at radius 2 is 1.67 bits per heavy atom. The smallest absolute Gasteiger partial charge is 0.303 e. The number of carboxylic acid groups (broad SMARTS) is 1. The van der Waals surface area contributed by atoms with Gasteiger partial charge in [0.15, 0.2) is 0 Å². The van der Waals surface area contributed by atoms with Crippen LogP contribution >= 0.6 is 11.3 Å². The molecular weight excluding hydrogens is 244 g/mol. The van der Waals surface area contributed by atoms with Gasteiger partial charge in [0.25, 0.3) is 0 Å². The number of aliphatic carboxylic acids is 1. The van der Waals surface area contributed by atoms with E-state index in [1.807, 2.05) is 11.3 Å². The maximum Gasteiger partial charge on any atom is 0.303 e. The normalized spacial score (nSPS) is 10.7. The summed E-state index contributed by atoms with van der Waals surface area (Å²) in [6.07, 6.45) is 9.59. The Bertz CT molecular complexity index is 344. The number of thiophene rings is 1. The summed E-state index contributed by atoms with van der Waals surface area (Å²) in [5.41, 5.74) is 0. The quantitative estimate of drug-likeness (QED) is 0.626. The molecule has 1 aromatic heterocycles. The molecule has 0 amide bonds. The molecule has 0 aromatic carbocycles. The molecule has 102 valence electrons. The highest BCUT2D eigenvalue weighted by atomic mass is 32.1. The van der Waals surface area contributed by atoms with Crippen LogP contribution in [0.1, 0.15) is 61.6 Å². The molecule has 0 bridgehead atoms. The first-order chi connectivity index (χ1) is 8.72. The lowest BCUT2D eigenvalue weighted by molar-refractivity contribution is -0.137. The second-order valence-corrected chi connectivity index (χ2v) is 6.03. The van der Waals surface area contributed by atoms with Gasteiger partial charge < -0.3 is 5.11 Å². The molecule has 3 heteroatoms. The van der Waals surface area contributed by atoms with Gasteiger partial charge in [-0.15, -0.1) is 11.3 Å². The molecule has 0 spiro atoms. The van der Waals surface area contributed by atoms with Gasteiger partial charge in [-0.1, -0.05) is 26.2 Å². The lowest BCUT2D eigenvalue weighted by Gasteiger charge is -1.98. The van der Waals surface area contributed by atoms with Crippen molar-refractivity contribution in [1.29, 1.82) is 0 Å². The molecular formula is C15H24O2S. The maximum absolute atomic E-state index is 10.4. The van der Waals surface area contributed by atoms with E-state index in [1.54, 1.807) is 0 Å². The summed E-state index contributed by atoms with van der Waals surface area (Å²) in [5, 5.41) is 8.56. The summed E-state index contributed by atoms with van der Waals surface area (Å²) < 4.78 is 0. The summed E-state index contributed by atoms with van der Waals surface area (Å²) in [4.78, 5) is 13.3. The Morgan fingerprint density at radius 1 is 1.06 bits per heavy atom. The van der Waals surface area contributed by atoms with Gasteiger partial charge in [0, 0.05) is 16.2 Å². The van der Waals surface area contributed by atoms with E-state index in [2.05, 4.69) is 19.1 Å². The predicted molar refractivity (Wildman–Crippen MR) is 77.4 cm³/mol. The monoisotopic (exact) mass is 268 g/mol. The lowest BCUT2D eigenvalue weighted by atomic mass is 10.1. The molecule has 0 atom stereocenters. The van der Waals surface area contributed by atoms with Gasteiger partial charge in [0.1, 0.15) is 0 Å². The van der Waals surface area contributed by atoms with Crippen LogP contribution in [-0.4, -0.2) is 11.1 Å². The van der Waals surface area contributed by atoms with Gasteiger partial charge in [-0.25, -0.2) is 0 Å². The van der Waals surface area contributed by atoms with Gasteiger partial charge in [0.05, 0.1) is 0 Å². The first-order valence-electron chi connectivity index (χ1n) is 7.01. The van der Waals surface area contributed by atoms with Crippen molar-refractivity contribution >= 4 is 17.3 Å². The SMILES string of the molecule is CCCCCCc1ccc(CCCCC(=O)O)s1. The number of hydrogen-bond donors (Lipinski definition) is 1. The van der Waals surface area contributed by atoms with Crippen molar-refractivity contribution < 1.29 is 9.90 Å². The van der Waals surface area contributed by atoms with Crippen molar-refractivity contribution in [2.75, 3.05) is 0 Å². The zero-order valence-corrected chi connectivity index (χ0v) is 12.1. The van der Waals surface area contributed by atoms with E-state index in [9.17, 15) is 4.79 Å². The molecule has 2 nitrogen and oxygen atoms in total. The number of carbonyl (C=O) groups is 1. The van der Waals surface area contributed by atoms with E-state index in [-0.39, 0.29) is 0 Å². The first kappa shape index (κ1) is 15.2. The van der Waals surface area contributed by atoms with E-state index in [0.29, 0.717) is 6.42 Å². The number of hydrogen-bond acceptors (Lipinski definition) is 2. The van der Waals surface area contributed by atoms with Crippen LogP contribution in [0.3, 0.4) is 0 Å². The highest BCUT2D eigenvalue weighted by Gasteiger charge is 2.02. The maximum atomic E-state index is 10.4. The molecule has 0 unspecified atom stereocenters. The standard InChI is InChI=1S/C15H24O2S/c1-2-3-4-5-8-13-11-12-14(18-13)9-6-7-10-15(16)17/h11-12H,2-10H2,1H3,(H,16,17). The van der Waals surface area contributed by atoms with Gasteiger partial charge >= 0.3 is 5.97 Å². The molecule has 0 fully saturated rings. The predicted octanol–water partition coefficient (Wildman–Crippen LogP) is 4.67. The first-order valence-corrected chi connectivity index (χ1v) is 7.83. The van der Waals surface area contributed by atoms with Crippen LogP contribution in [0.5, 0.6) is 0 Å². The van der Waals surface area contributed by atoms with Crippen LogP contribution in [0, 0.1) is 0 Å². The van der Waals surface area contributed by atoms with Crippen molar-refractivity contribution in [2.24, 2.45) is 0 Å². The Labute approximate surface area is 114 Å². The molecule has 1 N–H and O–H groups in total. The van der Waals surface area contributed by atoms with Crippen LogP contribution in [0.4, 0.5) is 0 Å². The topological polar surface area (TPSA) is 37.3 Å². The summed E-state index contributed by atoms with van der Waals surface area (Å²) in [6, 6.07) is 4.45.